The van der Waals surface area contributed by atoms with E-state index >= 15 is 0 Å². The average Bonchev–Trinajstić information content (AvgIpc) is 2.52. The fraction of sp³-hybridized carbons (Fsp3) is 0.500. The highest BCUT2D eigenvalue weighted by Crippen LogP contribution is 2.45. The maximum atomic E-state index is 13.0. The van der Waals surface area contributed by atoms with Gasteiger partial charge in [0.15, 0.2) is 11.5 Å². The van der Waals surface area contributed by atoms with Gasteiger partial charge in [0.2, 0.25) is 5.78 Å². The van der Waals surface area contributed by atoms with Crippen LogP contribution in [0.15, 0.2) is 35.6 Å². The van der Waals surface area contributed by atoms with Gasteiger partial charge in [-0.1, -0.05) is 65.8 Å². The van der Waals surface area contributed by atoms with Crippen LogP contribution in [0, 0.1) is 0 Å². The van der Waals surface area contributed by atoms with Gasteiger partial charge in [-0.05, 0) is 23.5 Å². The van der Waals surface area contributed by atoms with Crippen LogP contribution in [0.4, 0.5) is 0 Å². The molecule has 24 heavy (non-hydrogen) atoms. The number of fused-ring (bicyclic) bond motifs is 1. The Labute approximate surface area is 146 Å². The summed E-state index contributed by atoms with van der Waals surface area (Å²) in [5.74, 6) is 0.0300. The summed E-state index contributed by atoms with van der Waals surface area (Å²) in [6, 6.07) is 7.02. The number of benzene rings is 1. The van der Waals surface area contributed by atoms with Crippen molar-refractivity contribution in [2.45, 2.75) is 65.1 Å². The molecule has 0 aromatic heterocycles. The quantitative estimate of drug-likeness (QED) is 0.659. The van der Waals surface area contributed by atoms with Crippen molar-refractivity contribution in [3.05, 3.63) is 46.7 Å². The monoisotopic (exact) mass is 344 g/mol. The normalized spacial score (nSPS) is 15.6. The van der Waals surface area contributed by atoms with Gasteiger partial charge in [-0.15, -0.1) is 0 Å². The zero-order valence-electron chi connectivity index (χ0n) is 15.8. The Kier molecular flexibility index (Phi) is 5.19. The van der Waals surface area contributed by atoms with Crippen molar-refractivity contribution in [3.63, 3.8) is 0 Å². The van der Waals surface area contributed by atoms with Crippen LogP contribution in [0.1, 0.15) is 69.2 Å². The number of Topliss-reactive ketones (excluding diaryl/α,β-unsaturated/α-hetero) is 2. The molecule has 1 aliphatic carbocycles. The molecule has 0 saturated heterocycles. The Hall–Kier alpha value is -1.68. The predicted molar refractivity (Wildman–Crippen MR) is 99.9 cm³/mol. The van der Waals surface area contributed by atoms with Crippen molar-refractivity contribution in [3.8, 4) is 0 Å². The molecule has 0 radical (unpaired) electrons. The van der Waals surface area contributed by atoms with Crippen molar-refractivity contribution in [2.24, 2.45) is 0 Å². The standard InChI is InChI=1S/C20H28O3Si/c1-12(2)24(13(3)4,14(5)6)23-20-15(7)18(21)16-10-8-9-11-17(16)19(20)22/h8-14H,1-7H3. The molecule has 0 heterocycles. The molecule has 1 aromatic carbocycles. The highest BCUT2D eigenvalue weighted by atomic mass is 28.4. The molecule has 0 unspecified atom stereocenters. The fourth-order valence-electron chi connectivity index (χ4n) is 4.13. The third-order valence-electron chi connectivity index (χ3n) is 5.29. The van der Waals surface area contributed by atoms with E-state index in [0.717, 1.165) is 0 Å². The summed E-state index contributed by atoms with van der Waals surface area (Å²) in [5, 5.41) is 0. The van der Waals surface area contributed by atoms with Gasteiger partial charge in [0.25, 0.3) is 8.32 Å². The number of hydrogen-bond donors (Lipinski definition) is 0. The molecule has 1 aliphatic rings. The first-order chi connectivity index (χ1) is 11.1. The summed E-state index contributed by atoms with van der Waals surface area (Å²) >= 11 is 0. The molecule has 0 saturated carbocycles. The van der Waals surface area contributed by atoms with Gasteiger partial charge >= 0.3 is 0 Å². The van der Waals surface area contributed by atoms with Crippen molar-refractivity contribution in [1.82, 2.24) is 0 Å². The maximum absolute atomic E-state index is 13.0. The zero-order chi connectivity index (χ0) is 18.2. The first-order valence-electron chi connectivity index (χ1n) is 8.72. The largest absolute Gasteiger partial charge is 0.540 e. The number of hydrogen-bond acceptors (Lipinski definition) is 3. The lowest BCUT2D eigenvalue weighted by molar-refractivity contribution is 0.0931. The summed E-state index contributed by atoms with van der Waals surface area (Å²) in [4.78, 5) is 25.7. The lowest BCUT2D eigenvalue weighted by Gasteiger charge is -2.43. The van der Waals surface area contributed by atoms with Crippen LogP contribution in [0.2, 0.25) is 16.6 Å². The molecule has 0 bridgehead atoms. The third-order valence-corrected chi connectivity index (χ3v) is 11.3. The summed E-state index contributed by atoms with van der Waals surface area (Å²) in [6.45, 7) is 14.7. The minimum atomic E-state index is -2.28. The number of carbonyl (C=O) groups excluding carboxylic acids is 2. The molecular weight excluding hydrogens is 316 g/mol. The van der Waals surface area contributed by atoms with E-state index in [2.05, 4.69) is 41.5 Å². The van der Waals surface area contributed by atoms with Crippen molar-refractivity contribution in [2.75, 3.05) is 0 Å². The maximum Gasteiger partial charge on any atom is 0.258 e. The van der Waals surface area contributed by atoms with Crippen LogP contribution >= 0.6 is 0 Å². The number of carbonyl (C=O) groups is 2. The van der Waals surface area contributed by atoms with Gasteiger partial charge < -0.3 is 4.43 Å². The van der Waals surface area contributed by atoms with E-state index in [1.807, 2.05) is 0 Å². The summed E-state index contributed by atoms with van der Waals surface area (Å²) < 4.78 is 6.56. The molecule has 130 valence electrons. The first kappa shape index (κ1) is 18.7. The van der Waals surface area contributed by atoms with E-state index in [4.69, 9.17) is 4.43 Å². The fourth-order valence-corrected chi connectivity index (χ4v) is 9.44. The lowest BCUT2D eigenvalue weighted by atomic mass is 9.89. The van der Waals surface area contributed by atoms with Gasteiger partial charge in [0.1, 0.15) is 0 Å². The van der Waals surface area contributed by atoms with E-state index in [1.54, 1.807) is 31.2 Å². The van der Waals surface area contributed by atoms with E-state index in [9.17, 15) is 9.59 Å². The van der Waals surface area contributed by atoms with Crippen LogP contribution in [0.5, 0.6) is 0 Å². The topological polar surface area (TPSA) is 43.4 Å². The molecule has 0 fully saturated rings. The molecule has 0 aliphatic heterocycles. The van der Waals surface area contributed by atoms with E-state index in [0.29, 0.717) is 33.3 Å². The summed E-state index contributed by atoms with van der Waals surface area (Å²) in [7, 11) is -2.28. The minimum Gasteiger partial charge on any atom is -0.540 e. The highest BCUT2D eigenvalue weighted by molar-refractivity contribution is 6.78. The minimum absolute atomic E-state index is 0.0978. The van der Waals surface area contributed by atoms with E-state index < -0.39 is 8.32 Å². The van der Waals surface area contributed by atoms with Crippen LogP contribution < -0.4 is 0 Å². The highest BCUT2D eigenvalue weighted by Gasteiger charge is 2.49. The third kappa shape index (κ3) is 2.77. The lowest BCUT2D eigenvalue weighted by Crippen LogP contribution is -2.48. The molecule has 1 aromatic rings. The molecule has 0 spiro atoms. The SMILES string of the molecule is CC1=C(O[Si](C(C)C)(C(C)C)C(C)C)C(=O)c2ccccc2C1=O. The van der Waals surface area contributed by atoms with Crippen LogP contribution in [0.25, 0.3) is 0 Å². The molecule has 0 N–H and O–H groups in total. The zero-order valence-corrected chi connectivity index (χ0v) is 16.8. The number of rotatable bonds is 5. The van der Waals surface area contributed by atoms with Gasteiger partial charge in [0, 0.05) is 16.7 Å². The molecule has 4 heteroatoms. The molecule has 0 amide bonds. The van der Waals surface area contributed by atoms with Gasteiger partial charge in [-0.25, -0.2) is 0 Å². The molecule has 2 rings (SSSR count). The van der Waals surface area contributed by atoms with Crippen molar-refractivity contribution < 1.29 is 14.0 Å². The van der Waals surface area contributed by atoms with Crippen LogP contribution in [0.3, 0.4) is 0 Å². The number of allylic oxidation sites excluding steroid dienone is 2. The molecular formula is C20H28O3Si. The van der Waals surface area contributed by atoms with Gasteiger partial charge in [0.05, 0.1) is 0 Å². The summed E-state index contributed by atoms with van der Waals surface area (Å²) in [6.07, 6.45) is 0. The van der Waals surface area contributed by atoms with Crippen molar-refractivity contribution >= 4 is 19.9 Å². The first-order valence-corrected chi connectivity index (χ1v) is 10.9. The van der Waals surface area contributed by atoms with Crippen LogP contribution in [-0.4, -0.2) is 19.9 Å². The summed E-state index contributed by atoms with van der Waals surface area (Å²) in [5.41, 5.74) is 2.42. The van der Waals surface area contributed by atoms with Crippen molar-refractivity contribution in [1.29, 1.82) is 0 Å². The van der Waals surface area contributed by atoms with Gasteiger partial charge in [-0.3, -0.25) is 9.59 Å². The Morgan fingerprint density at radius 3 is 1.62 bits per heavy atom. The molecule has 0 atom stereocenters. The average molecular weight is 345 g/mol. The predicted octanol–water partition coefficient (Wildman–Crippen LogP) is 5.53. The second-order valence-corrected chi connectivity index (χ2v) is 13.0. The number of ketones is 2. The molecule has 3 nitrogen and oxygen atoms in total. The van der Waals surface area contributed by atoms with E-state index in [-0.39, 0.29) is 17.3 Å². The Morgan fingerprint density at radius 1 is 0.792 bits per heavy atom. The van der Waals surface area contributed by atoms with Gasteiger partial charge in [-0.2, -0.15) is 0 Å². The Morgan fingerprint density at radius 2 is 1.21 bits per heavy atom. The second kappa shape index (κ2) is 6.67. The Bertz CT molecular complexity index is 677. The van der Waals surface area contributed by atoms with E-state index in [1.165, 1.54) is 0 Å². The Balaban J connectivity index is 2.57. The smallest absolute Gasteiger partial charge is 0.258 e. The van der Waals surface area contributed by atoms with Crippen LogP contribution in [-0.2, 0) is 4.43 Å². The second-order valence-electron chi connectivity index (χ2n) is 7.58.